The third-order valence-electron chi connectivity index (χ3n) is 4.26. The summed E-state index contributed by atoms with van der Waals surface area (Å²) in [5.74, 6) is -0.439. The van der Waals surface area contributed by atoms with Crippen molar-refractivity contribution >= 4 is 28.8 Å². The Bertz CT molecular complexity index is 780. The Labute approximate surface area is 150 Å². The second kappa shape index (κ2) is 7.33. The summed E-state index contributed by atoms with van der Waals surface area (Å²) in [4.78, 5) is 30.6. The average Bonchev–Trinajstić information content (AvgIpc) is 2.64. The Kier molecular flexibility index (Phi) is 5.15. The molecule has 8 heteroatoms. The molecule has 1 N–H and O–H groups in total. The first kappa shape index (κ1) is 17.6. The monoisotopic (exact) mass is 365 g/mol. The number of methoxy groups -OCH3 is 1. The lowest BCUT2D eigenvalue weighted by Gasteiger charge is -2.30. The Morgan fingerprint density at radius 3 is 2.80 bits per heavy atom. The minimum absolute atomic E-state index is 0.162. The van der Waals surface area contributed by atoms with E-state index in [0.717, 1.165) is 11.1 Å². The van der Waals surface area contributed by atoms with E-state index in [1.54, 1.807) is 36.5 Å². The fourth-order valence-electron chi connectivity index (χ4n) is 2.91. The molecule has 25 heavy (non-hydrogen) atoms. The zero-order chi connectivity index (χ0) is 18.0. The van der Waals surface area contributed by atoms with Crippen LogP contribution in [0.15, 0.2) is 34.9 Å². The molecule has 0 aromatic carbocycles. The first-order valence-electron chi connectivity index (χ1n) is 7.95. The van der Waals surface area contributed by atoms with Crippen molar-refractivity contribution in [2.24, 2.45) is 0 Å². The summed E-state index contributed by atoms with van der Waals surface area (Å²) < 4.78 is 10.1. The molecule has 1 aromatic heterocycles. The molecule has 3 rings (SSSR count). The molecule has 7 nitrogen and oxygen atoms in total. The van der Waals surface area contributed by atoms with E-state index in [9.17, 15) is 9.59 Å². The van der Waals surface area contributed by atoms with Gasteiger partial charge in [-0.3, -0.25) is 4.79 Å². The lowest BCUT2D eigenvalue weighted by molar-refractivity contribution is -0.135. The summed E-state index contributed by atoms with van der Waals surface area (Å²) in [5.41, 5.74) is 1.82. The van der Waals surface area contributed by atoms with Gasteiger partial charge in [0.1, 0.15) is 11.2 Å². The molecule has 1 fully saturated rings. The number of nitrogens with zero attached hydrogens (tertiary/aromatic N) is 2. The Morgan fingerprint density at radius 2 is 2.12 bits per heavy atom. The Balaban J connectivity index is 2.00. The molecule has 1 unspecified atom stereocenters. The number of hydrogen-bond donors (Lipinski definition) is 1. The van der Waals surface area contributed by atoms with Gasteiger partial charge in [-0.1, -0.05) is 11.6 Å². The molecule has 0 radical (unpaired) electrons. The third-order valence-corrected chi connectivity index (χ3v) is 4.80. The van der Waals surface area contributed by atoms with Crippen molar-refractivity contribution in [3.8, 4) is 0 Å². The predicted molar refractivity (Wildman–Crippen MR) is 95.6 cm³/mol. The van der Waals surface area contributed by atoms with Crippen LogP contribution in [0.25, 0.3) is 5.57 Å². The van der Waals surface area contributed by atoms with Crippen LogP contribution in [0, 0.1) is 0 Å². The highest BCUT2D eigenvalue weighted by Gasteiger charge is 2.25. The van der Waals surface area contributed by atoms with Crippen molar-refractivity contribution in [2.75, 3.05) is 45.4 Å². The highest BCUT2D eigenvalue weighted by atomic mass is 35.5. The van der Waals surface area contributed by atoms with E-state index in [2.05, 4.69) is 4.98 Å². The fraction of sp³-hybridized carbons (Fsp3) is 0.412. The van der Waals surface area contributed by atoms with Crippen LogP contribution < -0.4 is 10.5 Å². The highest BCUT2D eigenvalue weighted by molar-refractivity contribution is 6.26. The van der Waals surface area contributed by atoms with Crippen molar-refractivity contribution in [2.45, 2.75) is 5.50 Å². The normalized spacial score (nSPS) is 20.8. The summed E-state index contributed by atoms with van der Waals surface area (Å²) in [5, 5.41) is 0. The van der Waals surface area contributed by atoms with Crippen LogP contribution >= 0.6 is 11.6 Å². The summed E-state index contributed by atoms with van der Waals surface area (Å²) in [7, 11) is 3.11. The third kappa shape index (κ3) is 3.57. The van der Waals surface area contributed by atoms with Gasteiger partial charge >= 0.3 is 5.97 Å². The highest BCUT2D eigenvalue weighted by Crippen LogP contribution is 2.31. The zero-order valence-corrected chi connectivity index (χ0v) is 14.9. The van der Waals surface area contributed by atoms with Gasteiger partial charge in [0.05, 0.1) is 25.9 Å². The molecule has 0 bridgehead atoms. The topological polar surface area (TPSA) is 74.9 Å². The number of aromatic amines is 1. The number of halogens is 1. The van der Waals surface area contributed by atoms with E-state index in [4.69, 9.17) is 21.1 Å². The zero-order valence-electron chi connectivity index (χ0n) is 14.1. The molecule has 0 saturated carbocycles. The number of likely N-dealkylation sites (N-methyl/N-ethyl adjacent to an activating group) is 1. The van der Waals surface area contributed by atoms with Crippen LogP contribution in [0.2, 0.25) is 0 Å². The average molecular weight is 366 g/mol. The number of morpholine rings is 1. The van der Waals surface area contributed by atoms with Gasteiger partial charge in [0.15, 0.2) is 0 Å². The van der Waals surface area contributed by atoms with Gasteiger partial charge in [0.2, 0.25) is 0 Å². The largest absolute Gasteiger partial charge is 0.465 e. The van der Waals surface area contributed by atoms with Gasteiger partial charge in [-0.25, -0.2) is 4.79 Å². The van der Waals surface area contributed by atoms with E-state index >= 15 is 0 Å². The van der Waals surface area contributed by atoms with Crippen molar-refractivity contribution in [1.29, 1.82) is 0 Å². The summed E-state index contributed by atoms with van der Waals surface area (Å²) in [6.45, 7) is 2.48. The molecule has 0 aliphatic carbocycles. The van der Waals surface area contributed by atoms with E-state index in [1.807, 2.05) is 4.90 Å². The maximum absolute atomic E-state index is 12.2. The number of ether oxygens (including phenoxy) is 2. The maximum Gasteiger partial charge on any atom is 0.339 e. The first-order chi connectivity index (χ1) is 12.0. The number of esters is 1. The number of H-pyrrole nitrogens is 1. The molecular formula is C17H20ClN3O4. The van der Waals surface area contributed by atoms with Gasteiger partial charge in [-0.15, -0.1) is 0 Å². The molecule has 1 aromatic rings. The number of alkyl halides is 1. The standard InChI is InChI=1S/C17H20ClN3O4/c1-20-10-12(17(23)24-2)7-13(15(20)18)11-8-14(16(22)19-9-11)21-3-5-25-6-4-21/h7-10,15H,3-6H2,1-2H3,(H,19,22). The number of pyridine rings is 1. The van der Waals surface area contributed by atoms with E-state index in [1.165, 1.54) is 7.11 Å². The SMILES string of the molecule is COC(=O)C1=CN(C)C(Cl)C(c2c[nH]c(=O)c(N3CCOCC3)c2)=C1. The molecule has 0 amide bonds. The Morgan fingerprint density at radius 1 is 1.40 bits per heavy atom. The molecule has 1 saturated heterocycles. The van der Waals surface area contributed by atoms with Gasteiger partial charge in [-0.05, 0) is 23.3 Å². The summed E-state index contributed by atoms with van der Waals surface area (Å²) in [6.07, 6.45) is 4.95. The maximum atomic E-state index is 12.2. The number of rotatable bonds is 3. The van der Waals surface area contributed by atoms with Crippen LogP contribution in [0.4, 0.5) is 5.69 Å². The number of aromatic nitrogens is 1. The van der Waals surface area contributed by atoms with Crippen LogP contribution in [0.1, 0.15) is 5.56 Å². The van der Waals surface area contributed by atoms with Crippen LogP contribution in [-0.4, -0.2) is 61.8 Å². The van der Waals surface area contributed by atoms with Gasteiger partial charge in [-0.2, -0.15) is 0 Å². The van der Waals surface area contributed by atoms with Gasteiger partial charge < -0.3 is 24.3 Å². The number of carbonyl (C=O) groups excluding carboxylic acids is 1. The van der Waals surface area contributed by atoms with Crippen molar-refractivity contribution in [3.05, 3.63) is 46.0 Å². The van der Waals surface area contributed by atoms with Crippen molar-refractivity contribution in [3.63, 3.8) is 0 Å². The number of hydrogen-bond acceptors (Lipinski definition) is 6. The van der Waals surface area contributed by atoms with Crippen molar-refractivity contribution in [1.82, 2.24) is 9.88 Å². The minimum Gasteiger partial charge on any atom is -0.465 e. The quantitative estimate of drug-likeness (QED) is 0.492. The second-order valence-corrected chi connectivity index (χ2v) is 6.29. The molecular weight excluding hydrogens is 346 g/mol. The molecule has 2 aliphatic heterocycles. The van der Waals surface area contributed by atoms with E-state index in [-0.39, 0.29) is 5.56 Å². The van der Waals surface area contributed by atoms with E-state index in [0.29, 0.717) is 37.6 Å². The second-order valence-electron chi connectivity index (χ2n) is 5.88. The van der Waals surface area contributed by atoms with Gasteiger partial charge in [0.25, 0.3) is 5.56 Å². The summed E-state index contributed by atoms with van der Waals surface area (Å²) in [6, 6.07) is 1.80. The van der Waals surface area contributed by atoms with Crippen LogP contribution in [0.5, 0.6) is 0 Å². The molecule has 134 valence electrons. The fourth-order valence-corrected chi connectivity index (χ4v) is 3.15. The molecule has 2 aliphatic rings. The van der Waals surface area contributed by atoms with E-state index < -0.39 is 11.5 Å². The smallest absolute Gasteiger partial charge is 0.339 e. The molecule has 3 heterocycles. The lowest BCUT2D eigenvalue weighted by Crippen LogP contribution is -2.39. The first-order valence-corrected chi connectivity index (χ1v) is 8.38. The van der Waals surface area contributed by atoms with Crippen LogP contribution in [0.3, 0.4) is 0 Å². The van der Waals surface area contributed by atoms with Gasteiger partial charge in [0, 0.05) is 32.5 Å². The van der Waals surface area contributed by atoms with Crippen molar-refractivity contribution < 1.29 is 14.3 Å². The molecule has 1 atom stereocenters. The number of nitrogens with one attached hydrogen (secondary N) is 1. The Hall–Kier alpha value is -2.25. The van der Waals surface area contributed by atoms with Crippen LogP contribution in [-0.2, 0) is 14.3 Å². The number of anilines is 1. The number of carbonyl (C=O) groups is 1. The minimum atomic E-state index is -0.461. The summed E-state index contributed by atoms with van der Waals surface area (Å²) >= 11 is 6.49. The lowest BCUT2D eigenvalue weighted by atomic mass is 10.0. The predicted octanol–water partition coefficient (Wildman–Crippen LogP) is 1.16. The molecule has 0 spiro atoms.